The minimum Gasteiger partial charge on any atom is -0.496 e. The van der Waals surface area contributed by atoms with E-state index in [4.69, 9.17) is 4.74 Å². The molecule has 1 N–H and O–H groups in total. The standard InChI is InChI=1S/C16H25NO5S2/c1-11-8-12(6-7-14(11)22-5)24(20,21)15-10-23(18,19)9-13(15)17-16(2,3)4/h6-8,13,15,17H,9-10H2,1-5H3/t13-,15-/m0/s1. The topological polar surface area (TPSA) is 89.5 Å². The van der Waals surface area contributed by atoms with E-state index in [1.165, 1.54) is 19.2 Å². The predicted molar refractivity (Wildman–Crippen MR) is 94.0 cm³/mol. The Kier molecular flexibility index (Phi) is 5.05. The summed E-state index contributed by atoms with van der Waals surface area (Å²) in [4.78, 5) is 0.128. The molecular weight excluding hydrogens is 350 g/mol. The Morgan fingerprint density at radius 2 is 1.83 bits per heavy atom. The molecule has 0 aliphatic carbocycles. The van der Waals surface area contributed by atoms with Gasteiger partial charge < -0.3 is 10.1 Å². The van der Waals surface area contributed by atoms with Crippen molar-refractivity contribution < 1.29 is 21.6 Å². The Hall–Kier alpha value is -1.12. The summed E-state index contributed by atoms with van der Waals surface area (Å²) in [5.74, 6) is 0.0784. The average Bonchev–Trinajstić information content (AvgIpc) is 2.72. The van der Waals surface area contributed by atoms with E-state index < -0.39 is 31.0 Å². The molecule has 1 aromatic carbocycles. The fourth-order valence-electron chi connectivity index (χ4n) is 3.01. The zero-order valence-corrected chi connectivity index (χ0v) is 16.3. The smallest absolute Gasteiger partial charge is 0.183 e. The Morgan fingerprint density at radius 3 is 2.33 bits per heavy atom. The van der Waals surface area contributed by atoms with Crippen molar-refractivity contribution in [2.45, 2.75) is 49.4 Å². The summed E-state index contributed by atoms with van der Waals surface area (Å²) < 4.78 is 55.3. The third-order valence-electron chi connectivity index (χ3n) is 4.01. The van der Waals surface area contributed by atoms with Crippen LogP contribution in [0.5, 0.6) is 5.75 Å². The van der Waals surface area contributed by atoms with Gasteiger partial charge >= 0.3 is 0 Å². The summed E-state index contributed by atoms with van der Waals surface area (Å²) in [5.41, 5.74) is 0.313. The summed E-state index contributed by atoms with van der Waals surface area (Å²) >= 11 is 0. The second-order valence-electron chi connectivity index (χ2n) is 7.29. The van der Waals surface area contributed by atoms with Crippen LogP contribution >= 0.6 is 0 Å². The minimum absolute atomic E-state index is 0.128. The number of aryl methyl sites for hydroxylation is 1. The summed E-state index contributed by atoms with van der Waals surface area (Å²) in [6.45, 7) is 7.42. The molecule has 0 unspecified atom stereocenters. The molecule has 0 spiro atoms. The Morgan fingerprint density at radius 1 is 1.21 bits per heavy atom. The molecule has 8 heteroatoms. The zero-order chi connectivity index (χ0) is 18.3. The monoisotopic (exact) mass is 375 g/mol. The molecule has 1 aliphatic rings. The summed E-state index contributed by atoms with van der Waals surface area (Å²) in [7, 11) is -5.66. The van der Waals surface area contributed by atoms with Gasteiger partial charge in [0, 0.05) is 11.6 Å². The van der Waals surface area contributed by atoms with Crippen LogP contribution in [0.15, 0.2) is 23.1 Å². The lowest BCUT2D eigenvalue weighted by molar-refractivity contribution is 0.374. The van der Waals surface area contributed by atoms with Crippen molar-refractivity contribution in [3.63, 3.8) is 0 Å². The summed E-state index contributed by atoms with van der Waals surface area (Å²) in [6, 6.07) is 3.98. The highest BCUT2D eigenvalue weighted by molar-refractivity contribution is 7.96. The highest BCUT2D eigenvalue weighted by Gasteiger charge is 2.46. The second kappa shape index (κ2) is 6.31. The average molecular weight is 376 g/mol. The van der Waals surface area contributed by atoms with Crippen molar-refractivity contribution in [2.24, 2.45) is 0 Å². The minimum atomic E-state index is -3.78. The van der Waals surface area contributed by atoms with E-state index >= 15 is 0 Å². The molecule has 0 radical (unpaired) electrons. The van der Waals surface area contributed by atoms with Crippen molar-refractivity contribution in [2.75, 3.05) is 18.6 Å². The fourth-order valence-corrected chi connectivity index (χ4v) is 7.75. The lowest BCUT2D eigenvalue weighted by Gasteiger charge is -2.28. The lowest BCUT2D eigenvalue weighted by Crippen LogP contribution is -2.51. The Labute approximate surface area is 144 Å². The van der Waals surface area contributed by atoms with Gasteiger partial charge in [0.1, 0.15) is 5.75 Å². The van der Waals surface area contributed by atoms with Gasteiger partial charge in [-0.1, -0.05) is 0 Å². The Bertz CT molecular complexity index is 823. The number of hydrogen-bond donors (Lipinski definition) is 1. The molecule has 0 amide bonds. The van der Waals surface area contributed by atoms with Gasteiger partial charge in [0.25, 0.3) is 0 Å². The molecule has 1 heterocycles. The van der Waals surface area contributed by atoms with Crippen molar-refractivity contribution in [1.82, 2.24) is 5.32 Å². The molecule has 1 saturated heterocycles. The molecule has 0 saturated carbocycles. The highest BCUT2D eigenvalue weighted by Crippen LogP contribution is 2.29. The second-order valence-corrected chi connectivity index (χ2v) is 11.6. The number of nitrogens with one attached hydrogen (secondary N) is 1. The number of rotatable bonds is 4. The first-order chi connectivity index (χ1) is 10.9. The zero-order valence-electron chi connectivity index (χ0n) is 14.7. The van der Waals surface area contributed by atoms with E-state index in [9.17, 15) is 16.8 Å². The maximum atomic E-state index is 13.0. The molecule has 2 rings (SSSR count). The first-order valence-electron chi connectivity index (χ1n) is 7.72. The molecule has 0 bridgehead atoms. The molecule has 1 aromatic rings. The summed E-state index contributed by atoms with van der Waals surface area (Å²) in [5, 5.41) is 2.16. The Balaban J connectivity index is 2.44. The van der Waals surface area contributed by atoms with Crippen molar-refractivity contribution in [3.8, 4) is 5.75 Å². The van der Waals surface area contributed by atoms with Crippen LogP contribution in [0, 0.1) is 6.92 Å². The lowest BCUT2D eigenvalue weighted by atomic mass is 10.1. The van der Waals surface area contributed by atoms with E-state index in [1.54, 1.807) is 13.0 Å². The molecular formula is C16H25NO5S2. The molecule has 1 aliphatic heterocycles. The van der Waals surface area contributed by atoms with Crippen LogP contribution in [0.1, 0.15) is 26.3 Å². The first kappa shape index (κ1) is 19.2. The van der Waals surface area contributed by atoms with E-state index in [2.05, 4.69) is 5.32 Å². The van der Waals surface area contributed by atoms with Crippen LogP contribution < -0.4 is 10.1 Å². The molecule has 0 aromatic heterocycles. The first-order valence-corrected chi connectivity index (χ1v) is 11.1. The number of sulfone groups is 2. The number of hydrogen-bond acceptors (Lipinski definition) is 6. The summed E-state index contributed by atoms with van der Waals surface area (Å²) in [6.07, 6.45) is 0. The van der Waals surface area contributed by atoms with Gasteiger partial charge in [-0.15, -0.1) is 0 Å². The van der Waals surface area contributed by atoms with Crippen LogP contribution in [0.3, 0.4) is 0 Å². The van der Waals surface area contributed by atoms with Crippen molar-refractivity contribution in [1.29, 1.82) is 0 Å². The van der Waals surface area contributed by atoms with Gasteiger partial charge in [0.05, 0.1) is 28.8 Å². The quantitative estimate of drug-likeness (QED) is 0.854. The van der Waals surface area contributed by atoms with Crippen molar-refractivity contribution in [3.05, 3.63) is 23.8 Å². The predicted octanol–water partition coefficient (Wildman–Crippen LogP) is 1.33. The van der Waals surface area contributed by atoms with Crippen LogP contribution in [-0.2, 0) is 19.7 Å². The molecule has 2 atom stereocenters. The van der Waals surface area contributed by atoms with Crippen LogP contribution in [0.25, 0.3) is 0 Å². The highest BCUT2D eigenvalue weighted by atomic mass is 32.2. The van der Waals surface area contributed by atoms with E-state index in [0.717, 1.165) is 0 Å². The van der Waals surface area contributed by atoms with Crippen LogP contribution in [0.4, 0.5) is 0 Å². The molecule has 24 heavy (non-hydrogen) atoms. The van der Waals surface area contributed by atoms with E-state index in [1.807, 2.05) is 20.8 Å². The van der Waals surface area contributed by atoms with Crippen LogP contribution in [-0.4, -0.2) is 52.3 Å². The normalized spacial score (nSPS) is 24.0. The van der Waals surface area contributed by atoms with Gasteiger partial charge in [-0.3, -0.25) is 0 Å². The van der Waals surface area contributed by atoms with Gasteiger partial charge in [-0.2, -0.15) is 0 Å². The number of methoxy groups -OCH3 is 1. The van der Waals surface area contributed by atoms with Gasteiger partial charge in [-0.25, -0.2) is 16.8 Å². The third-order valence-corrected chi connectivity index (χ3v) is 8.16. The van der Waals surface area contributed by atoms with E-state index in [-0.39, 0.29) is 21.9 Å². The molecule has 1 fully saturated rings. The number of ether oxygens (including phenoxy) is 1. The van der Waals surface area contributed by atoms with Gasteiger partial charge in [-0.05, 0) is 51.5 Å². The third kappa shape index (κ3) is 4.10. The maximum Gasteiger partial charge on any atom is 0.183 e. The van der Waals surface area contributed by atoms with Gasteiger partial charge in [0.2, 0.25) is 0 Å². The molecule has 6 nitrogen and oxygen atoms in total. The molecule has 136 valence electrons. The fraction of sp³-hybridized carbons (Fsp3) is 0.625. The van der Waals surface area contributed by atoms with Crippen molar-refractivity contribution >= 4 is 19.7 Å². The van der Waals surface area contributed by atoms with Crippen LogP contribution in [0.2, 0.25) is 0 Å². The van der Waals surface area contributed by atoms with E-state index in [0.29, 0.717) is 11.3 Å². The largest absolute Gasteiger partial charge is 0.496 e. The van der Waals surface area contributed by atoms with Gasteiger partial charge in [0.15, 0.2) is 19.7 Å². The SMILES string of the molecule is COc1ccc(S(=O)(=O)[C@H]2CS(=O)(=O)C[C@@H]2NC(C)(C)C)cc1C. The number of benzene rings is 1. The maximum absolute atomic E-state index is 13.0.